The number of nitrogens with zero attached hydrogens (tertiary/aromatic N) is 1. The molecule has 0 saturated heterocycles. The molecule has 0 aromatic heterocycles. The summed E-state index contributed by atoms with van der Waals surface area (Å²) in [5, 5.41) is 6.16. The molecule has 0 saturated carbocycles. The second-order valence-corrected chi connectivity index (χ2v) is 8.10. The normalized spacial score (nSPS) is 11.9. The molecule has 26 heavy (non-hydrogen) atoms. The Morgan fingerprint density at radius 3 is 2.58 bits per heavy atom. The monoisotopic (exact) mass is 385 g/mol. The van der Waals surface area contributed by atoms with E-state index in [1.165, 1.54) is 11.8 Å². The van der Waals surface area contributed by atoms with Crippen LogP contribution in [0.3, 0.4) is 0 Å². The lowest BCUT2D eigenvalue weighted by molar-refractivity contribution is 0.310. The van der Waals surface area contributed by atoms with Crippen LogP contribution in [0.4, 0.5) is 0 Å². The maximum absolute atomic E-state index is 11.2. The van der Waals surface area contributed by atoms with Crippen LogP contribution in [0.25, 0.3) is 0 Å². The molecule has 148 valence electrons. The van der Waals surface area contributed by atoms with Crippen molar-refractivity contribution in [3.8, 4) is 11.5 Å². The molecule has 0 aliphatic rings. The van der Waals surface area contributed by atoms with Gasteiger partial charge in [-0.1, -0.05) is 6.07 Å². The number of benzene rings is 1. The summed E-state index contributed by atoms with van der Waals surface area (Å²) in [6, 6.07) is 5.95. The summed E-state index contributed by atoms with van der Waals surface area (Å²) in [6.45, 7) is 6.22. The van der Waals surface area contributed by atoms with Crippen molar-refractivity contribution in [3.05, 3.63) is 23.8 Å². The number of methoxy groups -OCH3 is 1. The molecule has 0 amide bonds. The smallest absolute Gasteiger partial charge is 0.191 e. The summed E-state index contributed by atoms with van der Waals surface area (Å²) in [7, 11) is -1.35. The third-order valence-corrected chi connectivity index (χ3v) is 4.48. The van der Waals surface area contributed by atoms with Crippen LogP contribution in [0, 0.1) is 0 Å². The van der Waals surface area contributed by atoms with Crippen LogP contribution >= 0.6 is 0 Å². The molecule has 0 atom stereocenters. The molecule has 0 heterocycles. The Morgan fingerprint density at radius 1 is 1.19 bits per heavy atom. The molecular formula is C18H31N3O4S. The fraction of sp³-hybridized carbons (Fsp3) is 0.611. The zero-order valence-corrected chi connectivity index (χ0v) is 17.0. The van der Waals surface area contributed by atoms with Gasteiger partial charge in [0, 0.05) is 25.9 Å². The zero-order valence-electron chi connectivity index (χ0n) is 16.2. The number of guanidine groups is 1. The predicted octanol–water partition coefficient (Wildman–Crippen LogP) is 1.63. The van der Waals surface area contributed by atoms with Gasteiger partial charge >= 0.3 is 0 Å². The molecule has 0 aliphatic carbocycles. The second-order valence-electron chi connectivity index (χ2n) is 5.84. The number of nitrogens with one attached hydrogen (secondary N) is 2. The van der Waals surface area contributed by atoms with E-state index in [1.54, 1.807) is 7.11 Å². The van der Waals surface area contributed by atoms with Gasteiger partial charge in [-0.25, -0.2) is 8.42 Å². The predicted molar refractivity (Wildman–Crippen MR) is 106 cm³/mol. The van der Waals surface area contributed by atoms with Gasteiger partial charge < -0.3 is 20.1 Å². The average molecular weight is 386 g/mol. The molecule has 0 spiro atoms. The van der Waals surface area contributed by atoms with E-state index >= 15 is 0 Å². The third-order valence-electron chi connectivity index (χ3n) is 3.53. The van der Waals surface area contributed by atoms with E-state index < -0.39 is 9.84 Å². The van der Waals surface area contributed by atoms with Crippen molar-refractivity contribution in [3.63, 3.8) is 0 Å². The Hall–Kier alpha value is -1.96. The van der Waals surface area contributed by atoms with Crippen LogP contribution in [-0.4, -0.2) is 59.7 Å². The molecule has 0 fully saturated rings. The minimum absolute atomic E-state index is 0.0868. The highest BCUT2D eigenvalue weighted by Crippen LogP contribution is 2.28. The maximum atomic E-state index is 11.2. The van der Waals surface area contributed by atoms with Crippen molar-refractivity contribution >= 4 is 15.8 Å². The van der Waals surface area contributed by atoms with Gasteiger partial charge in [-0.15, -0.1) is 0 Å². The van der Waals surface area contributed by atoms with Gasteiger partial charge in [0.15, 0.2) is 17.5 Å². The fourth-order valence-corrected chi connectivity index (χ4v) is 2.79. The number of sulfone groups is 1. The van der Waals surface area contributed by atoms with E-state index in [-0.39, 0.29) is 5.75 Å². The zero-order chi connectivity index (χ0) is 19.4. The van der Waals surface area contributed by atoms with Crippen LogP contribution in [0.5, 0.6) is 11.5 Å². The lowest BCUT2D eigenvalue weighted by Crippen LogP contribution is -2.39. The van der Waals surface area contributed by atoms with Crippen LogP contribution in [0.15, 0.2) is 23.2 Å². The highest BCUT2D eigenvalue weighted by molar-refractivity contribution is 7.90. The van der Waals surface area contributed by atoms with E-state index in [2.05, 4.69) is 15.6 Å². The molecule has 1 aromatic rings. The number of aliphatic imine (C=N–C) groups is 1. The molecule has 8 heteroatoms. The van der Waals surface area contributed by atoms with Crippen LogP contribution < -0.4 is 20.1 Å². The van der Waals surface area contributed by atoms with Crippen LogP contribution in [0.2, 0.25) is 0 Å². The van der Waals surface area contributed by atoms with E-state index in [4.69, 9.17) is 9.47 Å². The van der Waals surface area contributed by atoms with Gasteiger partial charge in [-0.05, 0) is 44.4 Å². The van der Waals surface area contributed by atoms with E-state index in [0.717, 1.165) is 30.9 Å². The van der Waals surface area contributed by atoms with Gasteiger partial charge in [-0.2, -0.15) is 0 Å². The number of hydrogen-bond donors (Lipinski definition) is 2. The Kier molecular flexibility index (Phi) is 9.87. The minimum Gasteiger partial charge on any atom is -0.493 e. The van der Waals surface area contributed by atoms with Gasteiger partial charge in [0.1, 0.15) is 9.84 Å². The van der Waals surface area contributed by atoms with Gasteiger partial charge in [0.25, 0.3) is 0 Å². The topological polar surface area (TPSA) is 89.0 Å². The highest BCUT2D eigenvalue weighted by atomic mass is 32.2. The minimum atomic E-state index is -2.98. The second kappa shape index (κ2) is 11.6. The molecule has 0 aliphatic heterocycles. The fourth-order valence-electron chi connectivity index (χ4n) is 2.32. The first-order chi connectivity index (χ1) is 12.4. The molecule has 7 nitrogen and oxygen atoms in total. The maximum Gasteiger partial charge on any atom is 0.191 e. The van der Waals surface area contributed by atoms with Crippen molar-refractivity contribution in [2.75, 3.05) is 45.4 Å². The van der Waals surface area contributed by atoms with Crippen LogP contribution in [0.1, 0.15) is 25.8 Å². The van der Waals surface area contributed by atoms with E-state index in [9.17, 15) is 8.42 Å². The van der Waals surface area contributed by atoms with Crippen LogP contribution in [-0.2, 0) is 16.3 Å². The number of ether oxygens (including phenoxy) is 2. The molecular weight excluding hydrogens is 354 g/mol. The number of rotatable bonds is 11. The van der Waals surface area contributed by atoms with Crippen molar-refractivity contribution in [2.24, 2.45) is 4.99 Å². The third kappa shape index (κ3) is 8.94. The van der Waals surface area contributed by atoms with Gasteiger partial charge in [0.05, 0.1) is 19.5 Å². The summed E-state index contributed by atoms with van der Waals surface area (Å²) in [4.78, 5) is 4.48. The Morgan fingerprint density at radius 2 is 1.96 bits per heavy atom. The highest BCUT2D eigenvalue weighted by Gasteiger charge is 2.06. The number of hydrogen-bond acceptors (Lipinski definition) is 5. The Bertz CT molecular complexity index is 675. The molecule has 1 aromatic carbocycles. The van der Waals surface area contributed by atoms with Crippen molar-refractivity contribution in [1.82, 2.24) is 10.6 Å². The first-order valence-corrected chi connectivity index (χ1v) is 10.9. The summed E-state index contributed by atoms with van der Waals surface area (Å²) >= 11 is 0. The quantitative estimate of drug-likeness (QED) is 0.342. The first kappa shape index (κ1) is 22.1. The van der Waals surface area contributed by atoms with Crippen molar-refractivity contribution in [1.29, 1.82) is 0 Å². The van der Waals surface area contributed by atoms with Gasteiger partial charge in [0.2, 0.25) is 0 Å². The van der Waals surface area contributed by atoms with Crippen molar-refractivity contribution in [2.45, 2.75) is 26.7 Å². The van der Waals surface area contributed by atoms with Gasteiger partial charge in [-0.3, -0.25) is 4.99 Å². The summed E-state index contributed by atoms with van der Waals surface area (Å²) in [6.07, 6.45) is 2.97. The van der Waals surface area contributed by atoms with E-state index in [1.807, 2.05) is 32.0 Å². The lowest BCUT2D eigenvalue weighted by atomic mass is 10.1. The van der Waals surface area contributed by atoms with Crippen molar-refractivity contribution < 1.29 is 17.9 Å². The molecule has 0 bridgehead atoms. The summed E-state index contributed by atoms with van der Waals surface area (Å²) in [5.74, 6) is 2.22. The summed E-state index contributed by atoms with van der Waals surface area (Å²) < 4.78 is 33.3. The van der Waals surface area contributed by atoms with E-state index in [0.29, 0.717) is 25.7 Å². The average Bonchev–Trinajstić information content (AvgIpc) is 2.58. The number of aryl methyl sites for hydroxylation is 1. The Balaban J connectivity index is 2.53. The molecule has 0 radical (unpaired) electrons. The SMILES string of the molecule is CCNC(=NCCCc1ccc(OC)c(OCC)c1)NCCS(C)(=O)=O. The molecule has 1 rings (SSSR count). The molecule has 2 N–H and O–H groups in total. The summed E-state index contributed by atoms with van der Waals surface area (Å²) in [5.41, 5.74) is 1.17. The lowest BCUT2D eigenvalue weighted by Gasteiger charge is -2.12. The largest absolute Gasteiger partial charge is 0.493 e. The Labute approximate surface area is 157 Å². The molecule has 0 unspecified atom stereocenters. The first-order valence-electron chi connectivity index (χ1n) is 8.89. The standard InChI is InChI=1S/C18H31N3O4S/c1-5-19-18(21-12-13-26(4,22)23)20-11-7-8-15-9-10-16(24-3)17(14-15)25-6-2/h9-10,14H,5-8,11-13H2,1-4H3,(H2,19,20,21).